The lowest BCUT2D eigenvalue weighted by Gasteiger charge is -2.30. The maximum absolute atomic E-state index is 13.6. The number of dihydropyridines is 1. The highest BCUT2D eigenvalue weighted by molar-refractivity contribution is 6.42. The highest BCUT2D eigenvalue weighted by Gasteiger charge is 2.39. The monoisotopic (exact) mass is 541 g/mol. The van der Waals surface area contributed by atoms with Crippen molar-refractivity contribution in [1.29, 1.82) is 0 Å². The molecular weight excluding hydrogens is 517 g/mol. The van der Waals surface area contributed by atoms with Crippen LogP contribution >= 0.6 is 23.2 Å². The molecule has 0 saturated carbocycles. The van der Waals surface area contributed by atoms with E-state index in [2.05, 4.69) is 15.8 Å². The number of nitrogens with zero attached hydrogens (tertiary/aromatic N) is 1. The van der Waals surface area contributed by atoms with Crippen molar-refractivity contribution < 1.29 is 23.9 Å². The Labute approximate surface area is 224 Å². The first-order valence-electron chi connectivity index (χ1n) is 11.5. The third kappa shape index (κ3) is 5.26. The molecule has 0 radical (unpaired) electrons. The second-order valence-corrected chi connectivity index (χ2v) is 9.61. The normalized spacial score (nSPS) is 19.6. The predicted molar refractivity (Wildman–Crippen MR) is 140 cm³/mol. The van der Waals surface area contributed by atoms with Crippen LogP contribution in [0.2, 0.25) is 10.0 Å². The summed E-state index contributed by atoms with van der Waals surface area (Å²) in [5.74, 6) is -2.02. The van der Waals surface area contributed by atoms with Gasteiger partial charge in [-0.3, -0.25) is 4.79 Å². The third-order valence-electron chi connectivity index (χ3n) is 6.30. The summed E-state index contributed by atoms with van der Waals surface area (Å²) in [6.45, 7) is 5.37. The Hall–Kier alpha value is -3.62. The van der Waals surface area contributed by atoms with Crippen LogP contribution in [-0.2, 0) is 19.1 Å². The minimum absolute atomic E-state index is 0.0433. The van der Waals surface area contributed by atoms with E-state index in [-0.39, 0.29) is 33.0 Å². The summed E-state index contributed by atoms with van der Waals surface area (Å²) in [4.78, 5) is 37.9. The molecule has 2 unspecified atom stereocenters. The zero-order valence-corrected chi connectivity index (χ0v) is 22.2. The Morgan fingerprint density at radius 3 is 2.27 bits per heavy atom. The molecule has 2 N–H and O–H groups in total. The molecule has 10 heteroatoms. The Balaban J connectivity index is 1.68. The highest BCUT2D eigenvalue weighted by atomic mass is 35.5. The van der Waals surface area contributed by atoms with E-state index in [0.717, 1.165) is 11.3 Å². The largest absolute Gasteiger partial charge is 0.466 e. The van der Waals surface area contributed by atoms with E-state index >= 15 is 0 Å². The van der Waals surface area contributed by atoms with Crippen molar-refractivity contribution in [2.75, 3.05) is 7.11 Å². The Bertz CT molecular complexity index is 1380. The average molecular weight is 542 g/mol. The molecule has 0 saturated heterocycles. The molecule has 2 aliphatic rings. The number of halogens is 2. The number of amides is 1. The number of ether oxygens (including phenoxy) is 2. The number of methoxy groups -OCH3 is 1. The van der Waals surface area contributed by atoms with E-state index in [0.29, 0.717) is 29.1 Å². The first kappa shape index (κ1) is 26.4. The molecule has 2 heterocycles. The summed E-state index contributed by atoms with van der Waals surface area (Å²) in [5, 5.41) is 7.76. The molecule has 192 valence electrons. The van der Waals surface area contributed by atoms with E-state index in [1.54, 1.807) is 56.3 Å². The number of hydrogen-bond acceptors (Lipinski definition) is 7. The maximum atomic E-state index is 13.6. The minimum Gasteiger partial charge on any atom is -0.466 e. The fourth-order valence-electron chi connectivity index (χ4n) is 4.56. The zero-order chi connectivity index (χ0) is 26.9. The van der Waals surface area contributed by atoms with Gasteiger partial charge in [0.05, 0.1) is 39.9 Å². The minimum atomic E-state index is -0.868. The maximum Gasteiger partial charge on any atom is 0.342 e. The van der Waals surface area contributed by atoms with Crippen molar-refractivity contribution in [3.8, 4) is 5.75 Å². The molecule has 2 aromatic carbocycles. The van der Waals surface area contributed by atoms with Crippen molar-refractivity contribution in [1.82, 2.24) is 10.7 Å². The molecule has 0 aliphatic carbocycles. The second kappa shape index (κ2) is 10.8. The third-order valence-corrected chi connectivity index (χ3v) is 7.13. The van der Waals surface area contributed by atoms with Crippen LogP contribution in [0.4, 0.5) is 0 Å². The molecular formula is C27H25Cl2N3O5. The Morgan fingerprint density at radius 1 is 1.00 bits per heavy atom. The summed E-state index contributed by atoms with van der Waals surface area (Å²) in [6.07, 6.45) is 0.346. The van der Waals surface area contributed by atoms with Gasteiger partial charge in [0.15, 0.2) is 0 Å². The second-order valence-electron chi connectivity index (χ2n) is 8.82. The van der Waals surface area contributed by atoms with Gasteiger partial charge in [-0.05, 0) is 55.3 Å². The fourth-order valence-corrected chi connectivity index (χ4v) is 4.97. The number of esters is 2. The molecule has 2 aliphatic heterocycles. The standard InChI is InChI=1S/C27H25Cl2N3O5/c1-13-12-20(33)31-32-25(13)16-8-10-17(11-9-16)37-27(35)22-15(3)30-14(2)21(26(34)36-4)23(22)18-6-5-7-19(28)24(18)29/h5-11,13,23,30H,12H2,1-4H3,(H,31,33). The van der Waals surface area contributed by atoms with E-state index in [9.17, 15) is 14.4 Å². The number of hydrogen-bond donors (Lipinski definition) is 2. The molecule has 4 rings (SSSR count). The molecule has 2 atom stereocenters. The molecule has 1 amide bonds. The summed E-state index contributed by atoms with van der Waals surface area (Å²) in [5.41, 5.74) is 5.98. The SMILES string of the molecule is COC(=O)C1=C(C)NC(C)=C(C(=O)Oc2ccc(C3=NNC(=O)CC3C)cc2)C1c1cccc(Cl)c1Cl. The molecule has 0 bridgehead atoms. The molecule has 0 spiro atoms. The van der Waals surface area contributed by atoms with Gasteiger partial charge in [-0.2, -0.15) is 5.10 Å². The number of benzene rings is 2. The highest BCUT2D eigenvalue weighted by Crippen LogP contribution is 2.43. The fraction of sp³-hybridized carbons (Fsp3) is 0.259. The number of allylic oxidation sites excluding steroid dienone is 2. The van der Waals surface area contributed by atoms with Gasteiger partial charge in [0.25, 0.3) is 0 Å². The lowest BCUT2D eigenvalue weighted by Crippen LogP contribution is -2.33. The van der Waals surface area contributed by atoms with Gasteiger partial charge in [0.1, 0.15) is 5.75 Å². The van der Waals surface area contributed by atoms with Gasteiger partial charge in [-0.15, -0.1) is 0 Å². The smallest absolute Gasteiger partial charge is 0.342 e. The summed E-state index contributed by atoms with van der Waals surface area (Å²) in [6, 6.07) is 11.9. The number of carbonyl (C=O) groups is 3. The lowest BCUT2D eigenvalue weighted by atomic mass is 9.80. The molecule has 0 fully saturated rings. The average Bonchev–Trinajstić information content (AvgIpc) is 2.85. The Kier molecular flexibility index (Phi) is 7.71. The van der Waals surface area contributed by atoms with Crippen molar-refractivity contribution in [3.63, 3.8) is 0 Å². The number of rotatable bonds is 5. The molecule has 8 nitrogen and oxygen atoms in total. The van der Waals surface area contributed by atoms with Crippen LogP contribution in [0, 0.1) is 5.92 Å². The van der Waals surface area contributed by atoms with Crippen molar-refractivity contribution in [3.05, 3.63) is 86.2 Å². The van der Waals surface area contributed by atoms with Crippen molar-refractivity contribution >= 4 is 46.8 Å². The van der Waals surface area contributed by atoms with E-state index in [1.165, 1.54) is 7.11 Å². The first-order valence-corrected chi connectivity index (χ1v) is 12.3. The van der Waals surface area contributed by atoms with Gasteiger partial charge in [0, 0.05) is 23.7 Å². The van der Waals surface area contributed by atoms with Crippen LogP contribution < -0.4 is 15.5 Å². The zero-order valence-electron chi connectivity index (χ0n) is 20.6. The van der Waals surface area contributed by atoms with Crippen LogP contribution in [0.1, 0.15) is 44.2 Å². The van der Waals surface area contributed by atoms with Crippen LogP contribution in [0.3, 0.4) is 0 Å². The van der Waals surface area contributed by atoms with Gasteiger partial charge < -0.3 is 14.8 Å². The molecule has 37 heavy (non-hydrogen) atoms. The lowest BCUT2D eigenvalue weighted by molar-refractivity contribution is -0.136. The van der Waals surface area contributed by atoms with E-state index in [4.69, 9.17) is 32.7 Å². The van der Waals surface area contributed by atoms with E-state index < -0.39 is 17.9 Å². The number of hydrazone groups is 1. The van der Waals surface area contributed by atoms with Crippen LogP contribution in [0.25, 0.3) is 0 Å². The van der Waals surface area contributed by atoms with Crippen LogP contribution in [0.15, 0.2) is 70.1 Å². The van der Waals surface area contributed by atoms with Gasteiger partial charge in [-0.1, -0.05) is 42.3 Å². The summed E-state index contributed by atoms with van der Waals surface area (Å²) >= 11 is 12.8. The van der Waals surface area contributed by atoms with Crippen LogP contribution in [0.5, 0.6) is 5.75 Å². The Morgan fingerprint density at radius 2 is 1.65 bits per heavy atom. The number of carbonyl (C=O) groups excluding carboxylic acids is 3. The predicted octanol–water partition coefficient (Wildman–Crippen LogP) is 4.87. The molecule has 2 aromatic rings. The van der Waals surface area contributed by atoms with Gasteiger partial charge in [0.2, 0.25) is 5.91 Å². The quantitative estimate of drug-likeness (QED) is 0.413. The van der Waals surface area contributed by atoms with E-state index in [1.807, 2.05) is 6.92 Å². The summed E-state index contributed by atoms with van der Waals surface area (Å²) < 4.78 is 10.8. The first-order chi connectivity index (χ1) is 17.6. The topological polar surface area (TPSA) is 106 Å². The number of nitrogens with one attached hydrogen (secondary N) is 2. The molecule has 0 aromatic heterocycles. The van der Waals surface area contributed by atoms with Gasteiger partial charge >= 0.3 is 11.9 Å². The van der Waals surface area contributed by atoms with Gasteiger partial charge in [-0.25, -0.2) is 15.0 Å². The van der Waals surface area contributed by atoms with Crippen molar-refractivity contribution in [2.24, 2.45) is 11.0 Å². The van der Waals surface area contributed by atoms with Crippen molar-refractivity contribution in [2.45, 2.75) is 33.1 Å². The van der Waals surface area contributed by atoms with Crippen LogP contribution in [-0.4, -0.2) is 30.7 Å². The summed E-state index contributed by atoms with van der Waals surface area (Å²) in [7, 11) is 1.27.